The lowest BCUT2D eigenvalue weighted by atomic mass is 9.85. The summed E-state index contributed by atoms with van der Waals surface area (Å²) < 4.78 is 2.30. The Labute approximate surface area is 121 Å². The summed E-state index contributed by atoms with van der Waals surface area (Å²) in [6.07, 6.45) is 7.41. The van der Waals surface area contributed by atoms with E-state index in [4.69, 9.17) is 0 Å². The Balaban J connectivity index is 1.85. The Morgan fingerprint density at radius 2 is 2.20 bits per heavy atom. The zero-order chi connectivity index (χ0) is 13.9. The second kappa shape index (κ2) is 5.70. The smallest absolute Gasteiger partial charge is 0.109 e. The summed E-state index contributed by atoms with van der Waals surface area (Å²) in [5.41, 5.74) is 2.74. The molecule has 0 radical (unpaired) electrons. The summed E-state index contributed by atoms with van der Waals surface area (Å²) in [6, 6.07) is 9.23. The Hall–Kier alpha value is -1.77. The Morgan fingerprint density at radius 3 is 3.05 bits per heavy atom. The van der Waals surface area contributed by atoms with E-state index in [0.717, 1.165) is 19.4 Å². The van der Waals surface area contributed by atoms with Crippen LogP contribution in [0.3, 0.4) is 0 Å². The molecule has 3 heteroatoms. The van der Waals surface area contributed by atoms with Crippen molar-refractivity contribution in [2.45, 2.75) is 51.6 Å². The third kappa shape index (κ3) is 2.58. The minimum Gasteiger partial charge on any atom is -0.382 e. The molecule has 1 aliphatic heterocycles. The van der Waals surface area contributed by atoms with Crippen LogP contribution in [0.5, 0.6) is 0 Å². The van der Waals surface area contributed by atoms with Crippen molar-refractivity contribution in [3.8, 4) is 0 Å². The van der Waals surface area contributed by atoms with E-state index in [1.807, 2.05) is 6.20 Å². The van der Waals surface area contributed by atoms with Gasteiger partial charge in [0, 0.05) is 37.1 Å². The van der Waals surface area contributed by atoms with Crippen LogP contribution in [-0.4, -0.2) is 15.6 Å². The van der Waals surface area contributed by atoms with Crippen molar-refractivity contribution in [2.24, 2.45) is 0 Å². The van der Waals surface area contributed by atoms with Crippen molar-refractivity contribution in [1.82, 2.24) is 9.55 Å². The highest BCUT2D eigenvalue weighted by molar-refractivity contribution is 5.55. The molecule has 3 rings (SSSR count). The van der Waals surface area contributed by atoms with Crippen LogP contribution >= 0.6 is 0 Å². The van der Waals surface area contributed by atoms with Crippen molar-refractivity contribution in [3.63, 3.8) is 0 Å². The second-order valence-corrected chi connectivity index (χ2v) is 5.81. The van der Waals surface area contributed by atoms with Gasteiger partial charge in [0.1, 0.15) is 5.82 Å². The van der Waals surface area contributed by atoms with Gasteiger partial charge in [-0.15, -0.1) is 0 Å². The fourth-order valence-electron chi connectivity index (χ4n) is 3.25. The minimum absolute atomic E-state index is 0.532. The summed E-state index contributed by atoms with van der Waals surface area (Å²) in [6.45, 7) is 5.55. The predicted octanol–water partition coefficient (Wildman–Crippen LogP) is 3.82. The standard InChI is InChI=1S/C17H23N3/c1-3-9-20-10-8-18-17(20)12-14-11-13(2)19-16-7-5-4-6-15(14)16/h4-8,10,13-14,19H,3,9,11-12H2,1-2H3. The molecule has 0 spiro atoms. The van der Waals surface area contributed by atoms with Crippen molar-refractivity contribution < 1.29 is 0 Å². The van der Waals surface area contributed by atoms with E-state index in [1.165, 1.54) is 23.5 Å². The number of anilines is 1. The van der Waals surface area contributed by atoms with Gasteiger partial charge in [-0.25, -0.2) is 4.98 Å². The predicted molar refractivity (Wildman–Crippen MR) is 83.1 cm³/mol. The first kappa shape index (κ1) is 13.2. The molecule has 0 saturated carbocycles. The van der Waals surface area contributed by atoms with Crippen molar-refractivity contribution in [3.05, 3.63) is 48.0 Å². The fourth-order valence-corrected chi connectivity index (χ4v) is 3.25. The summed E-state index contributed by atoms with van der Waals surface area (Å²) in [5, 5.41) is 3.58. The van der Waals surface area contributed by atoms with Gasteiger partial charge in [0.05, 0.1) is 0 Å². The normalized spacial score (nSPS) is 21.3. The molecule has 1 N–H and O–H groups in total. The number of imidazole rings is 1. The molecule has 1 aromatic heterocycles. The van der Waals surface area contributed by atoms with E-state index in [9.17, 15) is 0 Å². The maximum absolute atomic E-state index is 4.57. The third-order valence-corrected chi connectivity index (χ3v) is 4.14. The molecule has 2 atom stereocenters. The van der Waals surface area contributed by atoms with Crippen molar-refractivity contribution in [2.75, 3.05) is 5.32 Å². The van der Waals surface area contributed by atoms with Crippen LogP contribution in [0.25, 0.3) is 0 Å². The number of aromatic nitrogens is 2. The zero-order valence-electron chi connectivity index (χ0n) is 12.3. The first-order valence-electron chi connectivity index (χ1n) is 7.63. The third-order valence-electron chi connectivity index (χ3n) is 4.14. The van der Waals surface area contributed by atoms with Gasteiger partial charge in [0.25, 0.3) is 0 Å². The molecule has 1 aromatic carbocycles. The summed E-state index contributed by atoms with van der Waals surface area (Å²) in [4.78, 5) is 4.57. The van der Waals surface area contributed by atoms with Crippen LogP contribution in [0, 0.1) is 0 Å². The number of rotatable bonds is 4. The average Bonchev–Trinajstić information content (AvgIpc) is 2.86. The van der Waals surface area contributed by atoms with Gasteiger partial charge in [0.2, 0.25) is 0 Å². The maximum atomic E-state index is 4.57. The summed E-state index contributed by atoms with van der Waals surface area (Å²) in [7, 11) is 0. The highest BCUT2D eigenvalue weighted by Gasteiger charge is 2.25. The summed E-state index contributed by atoms with van der Waals surface area (Å²) in [5.74, 6) is 1.79. The fraction of sp³-hybridized carbons (Fsp3) is 0.471. The Morgan fingerprint density at radius 1 is 1.35 bits per heavy atom. The number of aryl methyl sites for hydroxylation is 1. The summed E-state index contributed by atoms with van der Waals surface area (Å²) >= 11 is 0. The molecule has 0 aliphatic carbocycles. The molecular formula is C17H23N3. The van der Waals surface area contributed by atoms with Crippen molar-refractivity contribution >= 4 is 5.69 Å². The van der Waals surface area contributed by atoms with Gasteiger partial charge in [-0.1, -0.05) is 25.1 Å². The Kier molecular flexibility index (Phi) is 3.77. The first-order chi connectivity index (χ1) is 9.78. The van der Waals surface area contributed by atoms with E-state index >= 15 is 0 Å². The van der Waals surface area contributed by atoms with Crippen LogP contribution in [0.4, 0.5) is 5.69 Å². The molecule has 106 valence electrons. The largest absolute Gasteiger partial charge is 0.382 e. The van der Waals surface area contributed by atoms with Gasteiger partial charge >= 0.3 is 0 Å². The highest BCUT2D eigenvalue weighted by atomic mass is 15.1. The monoisotopic (exact) mass is 269 g/mol. The number of nitrogens with zero attached hydrogens (tertiary/aromatic N) is 2. The molecule has 20 heavy (non-hydrogen) atoms. The number of nitrogens with one attached hydrogen (secondary N) is 1. The molecule has 3 nitrogen and oxygen atoms in total. The van der Waals surface area contributed by atoms with Gasteiger partial charge < -0.3 is 9.88 Å². The van der Waals surface area contributed by atoms with Gasteiger partial charge in [0.15, 0.2) is 0 Å². The van der Waals surface area contributed by atoms with Crippen LogP contribution in [0.15, 0.2) is 36.7 Å². The quantitative estimate of drug-likeness (QED) is 0.914. The van der Waals surface area contributed by atoms with E-state index in [0.29, 0.717) is 12.0 Å². The molecule has 0 bridgehead atoms. The maximum Gasteiger partial charge on any atom is 0.109 e. The van der Waals surface area contributed by atoms with E-state index in [2.05, 4.69) is 59.2 Å². The van der Waals surface area contributed by atoms with E-state index < -0.39 is 0 Å². The topological polar surface area (TPSA) is 29.9 Å². The lowest BCUT2D eigenvalue weighted by Crippen LogP contribution is -2.26. The number of benzene rings is 1. The SMILES string of the molecule is CCCn1ccnc1CC1CC(C)Nc2ccccc21. The lowest BCUT2D eigenvalue weighted by Gasteiger charge is -2.31. The molecule has 2 heterocycles. The number of hydrogen-bond acceptors (Lipinski definition) is 2. The average molecular weight is 269 g/mol. The molecule has 1 aliphatic rings. The molecule has 2 unspecified atom stereocenters. The second-order valence-electron chi connectivity index (χ2n) is 5.81. The number of hydrogen-bond donors (Lipinski definition) is 1. The molecule has 0 fully saturated rings. The molecule has 0 amide bonds. The van der Waals surface area contributed by atoms with Gasteiger partial charge in [-0.3, -0.25) is 0 Å². The Bertz CT molecular complexity index is 573. The van der Waals surface area contributed by atoms with Gasteiger partial charge in [-0.2, -0.15) is 0 Å². The lowest BCUT2D eigenvalue weighted by molar-refractivity contribution is 0.521. The number of fused-ring (bicyclic) bond motifs is 1. The van der Waals surface area contributed by atoms with Crippen LogP contribution in [-0.2, 0) is 13.0 Å². The minimum atomic E-state index is 0.532. The van der Waals surface area contributed by atoms with Crippen molar-refractivity contribution in [1.29, 1.82) is 0 Å². The highest BCUT2D eigenvalue weighted by Crippen LogP contribution is 2.35. The van der Waals surface area contributed by atoms with E-state index in [-0.39, 0.29) is 0 Å². The van der Waals surface area contributed by atoms with Crippen LogP contribution in [0.1, 0.15) is 44.0 Å². The number of para-hydroxylation sites is 1. The van der Waals surface area contributed by atoms with Crippen LogP contribution < -0.4 is 5.32 Å². The first-order valence-corrected chi connectivity index (χ1v) is 7.63. The molecule has 0 saturated heterocycles. The van der Waals surface area contributed by atoms with Gasteiger partial charge in [-0.05, 0) is 37.3 Å². The molecular weight excluding hydrogens is 246 g/mol. The van der Waals surface area contributed by atoms with E-state index in [1.54, 1.807) is 0 Å². The zero-order valence-corrected chi connectivity index (χ0v) is 12.3. The van der Waals surface area contributed by atoms with Crippen LogP contribution in [0.2, 0.25) is 0 Å². The molecule has 2 aromatic rings.